The third-order valence-electron chi connectivity index (χ3n) is 3.08. The van der Waals surface area contributed by atoms with Gasteiger partial charge in [-0.2, -0.15) is 4.31 Å². The van der Waals surface area contributed by atoms with E-state index in [1.807, 2.05) is 0 Å². The van der Waals surface area contributed by atoms with Gasteiger partial charge in [0, 0.05) is 32.7 Å². The van der Waals surface area contributed by atoms with Crippen LogP contribution >= 0.6 is 11.6 Å². The highest BCUT2D eigenvalue weighted by atomic mass is 35.5. The van der Waals surface area contributed by atoms with Gasteiger partial charge in [0.25, 0.3) is 0 Å². The van der Waals surface area contributed by atoms with Crippen LogP contribution in [0.5, 0.6) is 0 Å². The molecule has 2 fully saturated rings. The van der Waals surface area contributed by atoms with E-state index >= 15 is 0 Å². The first-order chi connectivity index (χ1) is 7.12. The Morgan fingerprint density at radius 3 is 2.20 bits per heavy atom. The number of hydrogen-bond donors (Lipinski definition) is 0. The lowest BCUT2D eigenvalue weighted by atomic mass is 10.3. The second kappa shape index (κ2) is 4.57. The average molecular weight is 253 g/mol. The largest absolute Gasteiger partial charge is 0.300 e. The number of piperazine rings is 1. The summed E-state index contributed by atoms with van der Waals surface area (Å²) in [5, 5.41) is -0.296. The molecule has 88 valence electrons. The van der Waals surface area contributed by atoms with Crippen molar-refractivity contribution in [2.45, 2.75) is 12.8 Å². The molecule has 2 aliphatic rings. The van der Waals surface area contributed by atoms with Crippen LogP contribution in [0.15, 0.2) is 0 Å². The summed E-state index contributed by atoms with van der Waals surface area (Å²) in [7, 11) is -3.19. The highest BCUT2D eigenvalue weighted by Gasteiger charge is 2.29. The van der Waals surface area contributed by atoms with Gasteiger partial charge in [0.15, 0.2) is 0 Å². The van der Waals surface area contributed by atoms with Gasteiger partial charge in [-0.25, -0.2) is 8.42 Å². The lowest BCUT2D eigenvalue weighted by Gasteiger charge is -2.33. The molecule has 0 aromatic heterocycles. The van der Waals surface area contributed by atoms with Gasteiger partial charge in [0.1, 0.15) is 5.21 Å². The first-order valence-corrected chi connectivity index (χ1v) is 7.52. The van der Waals surface area contributed by atoms with E-state index in [4.69, 9.17) is 11.6 Å². The van der Waals surface area contributed by atoms with Crippen LogP contribution in [0.25, 0.3) is 0 Å². The van der Waals surface area contributed by atoms with Crippen LogP contribution in [-0.2, 0) is 10.0 Å². The molecule has 0 aromatic rings. The van der Waals surface area contributed by atoms with Gasteiger partial charge in [-0.05, 0) is 18.8 Å². The van der Waals surface area contributed by atoms with Crippen LogP contribution in [0.4, 0.5) is 0 Å². The van der Waals surface area contributed by atoms with Gasteiger partial charge < -0.3 is 4.90 Å². The van der Waals surface area contributed by atoms with Crippen molar-refractivity contribution in [2.24, 2.45) is 5.92 Å². The molecular formula is C9H17ClN2O2S. The van der Waals surface area contributed by atoms with E-state index in [0.29, 0.717) is 13.1 Å². The number of sulfonamides is 1. The number of rotatable bonds is 4. The fraction of sp³-hybridized carbons (Fsp3) is 1.00. The zero-order chi connectivity index (χ0) is 10.9. The summed E-state index contributed by atoms with van der Waals surface area (Å²) in [6.07, 6.45) is 2.69. The Kier molecular flexibility index (Phi) is 3.55. The van der Waals surface area contributed by atoms with Gasteiger partial charge in [-0.15, -0.1) is 11.6 Å². The quantitative estimate of drug-likeness (QED) is 0.686. The van der Waals surface area contributed by atoms with Crippen molar-refractivity contribution in [3.05, 3.63) is 0 Å². The summed E-state index contributed by atoms with van der Waals surface area (Å²) in [6.45, 7) is 4.05. The molecule has 0 bridgehead atoms. The minimum atomic E-state index is -3.19. The van der Waals surface area contributed by atoms with Crippen LogP contribution in [0.3, 0.4) is 0 Å². The summed E-state index contributed by atoms with van der Waals surface area (Å²) >= 11 is 5.41. The highest BCUT2D eigenvalue weighted by molar-refractivity contribution is 7.90. The second-order valence-corrected chi connectivity index (χ2v) is 6.92. The Hall–Kier alpha value is 0.160. The number of alkyl halides is 1. The maximum absolute atomic E-state index is 11.5. The molecule has 0 amide bonds. The standard InChI is InChI=1S/C9H17ClN2O2S/c10-8-15(13,14)12-5-3-11(4-6-12)7-9-1-2-9/h9H,1-8H2. The SMILES string of the molecule is O=S(=O)(CCl)N1CCN(CC2CC2)CC1. The smallest absolute Gasteiger partial charge is 0.228 e. The third kappa shape index (κ3) is 3.06. The van der Waals surface area contributed by atoms with Gasteiger partial charge in [-0.1, -0.05) is 0 Å². The number of halogens is 1. The monoisotopic (exact) mass is 252 g/mol. The highest BCUT2D eigenvalue weighted by Crippen LogP contribution is 2.30. The van der Waals surface area contributed by atoms with Gasteiger partial charge >= 0.3 is 0 Å². The van der Waals surface area contributed by atoms with E-state index in [1.165, 1.54) is 17.1 Å². The Morgan fingerprint density at radius 1 is 1.13 bits per heavy atom. The van der Waals surface area contributed by atoms with Crippen molar-refractivity contribution < 1.29 is 8.42 Å². The minimum Gasteiger partial charge on any atom is -0.300 e. The number of nitrogens with zero attached hydrogens (tertiary/aromatic N) is 2. The summed E-state index contributed by atoms with van der Waals surface area (Å²) in [5.74, 6) is 0.876. The first kappa shape index (κ1) is 11.6. The Balaban J connectivity index is 1.80. The molecule has 15 heavy (non-hydrogen) atoms. The zero-order valence-corrected chi connectivity index (χ0v) is 10.3. The summed E-state index contributed by atoms with van der Waals surface area (Å²) < 4.78 is 24.4. The van der Waals surface area contributed by atoms with Gasteiger partial charge in [0.2, 0.25) is 10.0 Å². The van der Waals surface area contributed by atoms with E-state index in [2.05, 4.69) is 4.90 Å². The number of hydrogen-bond acceptors (Lipinski definition) is 3. The minimum absolute atomic E-state index is 0.296. The van der Waals surface area contributed by atoms with E-state index < -0.39 is 10.0 Å². The molecule has 0 radical (unpaired) electrons. The van der Waals surface area contributed by atoms with Crippen LogP contribution in [-0.4, -0.2) is 55.6 Å². The van der Waals surface area contributed by atoms with E-state index in [9.17, 15) is 8.42 Å². The van der Waals surface area contributed by atoms with E-state index in [-0.39, 0.29) is 5.21 Å². The summed E-state index contributed by atoms with van der Waals surface area (Å²) in [5.41, 5.74) is 0. The molecule has 1 saturated carbocycles. The summed E-state index contributed by atoms with van der Waals surface area (Å²) in [4.78, 5) is 2.36. The van der Waals surface area contributed by atoms with Crippen molar-refractivity contribution >= 4 is 21.6 Å². The molecule has 0 unspecified atom stereocenters. The molecule has 1 heterocycles. The lowest BCUT2D eigenvalue weighted by Crippen LogP contribution is -2.49. The lowest BCUT2D eigenvalue weighted by molar-refractivity contribution is 0.182. The molecule has 6 heteroatoms. The van der Waals surface area contributed by atoms with E-state index in [1.54, 1.807) is 0 Å². The molecule has 0 atom stereocenters. The molecule has 0 aromatic carbocycles. The Bertz CT molecular complexity index is 308. The topological polar surface area (TPSA) is 40.6 Å². The molecule has 1 saturated heterocycles. The van der Waals surface area contributed by atoms with Crippen LogP contribution < -0.4 is 0 Å². The molecular weight excluding hydrogens is 236 g/mol. The van der Waals surface area contributed by atoms with Gasteiger partial charge in [-0.3, -0.25) is 0 Å². The summed E-state index contributed by atoms with van der Waals surface area (Å²) in [6, 6.07) is 0. The predicted molar refractivity (Wildman–Crippen MR) is 60.4 cm³/mol. The first-order valence-electron chi connectivity index (χ1n) is 5.38. The van der Waals surface area contributed by atoms with E-state index in [0.717, 1.165) is 25.6 Å². The zero-order valence-electron chi connectivity index (χ0n) is 8.73. The maximum atomic E-state index is 11.5. The predicted octanol–water partition coefficient (Wildman–Crippen LogP) is 0.540. The van der Waals surface area contributed by atoms with Gasteiger partial charge in [0.05, 0.1) is 0 Å². The van der Waals surface area contributed by atoms with Crippen molar-refractivity contribution in [1.82, 2.24) is 9.21 Å². The van der Waals surface area contributed by atoms with Crippen LogP contribution in [0.2, 0.25) is 0 Å². The molecule has 4 nitrogen and oxygen atoms in total. The Labute approximate surface area is 96.2 Å². The molecule has 0 spiro atoms. The van der Waals surface area contributed by atoms with Crippen molar-refractivity contribution in [1.29, 1.82) is 0 Å². The van der Waals surface area contributed by atoms with Crippen molar-refractivity contribution in [3.8, 4) is 0 Å². The molecule has 0 N–H and O–H groups in total. The second-order valence-electron chi connectivity index (χ2n) is 4.36. The molecule has 1 aliphatic carbocycles. The normalized spacial score (nSPS) is 25.7. The van der Waals surface area contributed by atoms with Crippen molar-refractivity contribution in [2.75, 3.05) is 37.9 Å². The third-order valence-corrected chi connectivity index (χ3v) is 5.33. The molecule has 2 rings (SSSR count). The van der Waals surface area contributed by atoms with Crippen LogP contribution in [0.1, 0.15) is 12.8 Å². The maximum Gasteiger partial charge on any atom is 0.228 e. The Morgan fingerprint density at radius 2 is 1.73 bits per heavy atom. The van der Waals surface area contributed by atoms with Crippen molar-refractivity contribution in [3.63, 3.8) is 0 Å². The molecule has 1 aliphatic heterocycles. The average Bonchev–Trinajstić information content (AvgIpc) is 3.03. The fourth-order valence-corrected chi connectivity index (χ4v) is 3.20. The van der Waals surface area contributed by atoms with Crippen LogP contribution in [0, 0.1) is 5.92 Å². The fourth-order valence-electron chi connectivity index (χ4n) is 1.92.